The normalized spacial score (nSPS) is 20.2. The van der Waals surface area contributed by atoms with Crippen LogP contribution >= 0.6 is 12.4 Å². The Hall–Kier alpha value is -0.320. The minimum absolute atomic E-state index is 0. The zero-order valence-corrected chi connectivity index (χ0v) is 8.51. The standard InChI is InChI=1S/C8H15NO3.ClH/c1-11-8(10)7(9)6-2-4-12-5-3-6;/h6-7H,2-5,9H2,1H3;1H/t7-;/m0./s1. The molecule has 0 radical (unpaired) electrons. The van der Waals surface area contributed by atoms with E-state index in [2.05, 4.69) is 4.74 Å². The highest BCUT2D eigenvalue weighted by Crippen LogP contribution is 2.17. The van der Waals surface area contributed by atoms with E-state index in [4.69, 9.17) is 10.5 Å². The summed E-state index contributed by atoms with van der Waals surface area (Å²) in [5, 5.41) is 0. The topological polar surface area (TPSA) is 61.5 Å². The van der Waals surface area contributed by atoms with E-state index in [0.29, 0.717) is 13.2 Å². The Morgan fingerprint density at radius 1 is 1.54 bits per heavy atom. The zero-order valence-electron chi connectivity index (χ0n) is 7.69. The van der Waals surface area contributed by atoms with Crippen molar-refractivity contribution in [3.63, 3.8) is 0 Å². The van der Waals surface area contributed by atoms with Crippen molar-refractivity contribution in [2.24, 2.45) is 11.7 Å². The van der Waals surface area contributed by atoms with Crippen molar-refractivity contribution < 1.29 is 14.3 Å². The molecule has 4 nitrogen and oxygen atoms in total. The molecule has 1 rings (SSSR count). The highest BCUT2D eigenvalue weighted by molar-refractivity contribution is 5.85. The lowest BCUT2D eigenvalue weighted by molar-refractivity contribution is -0.144. The van der Waals surface area contributed by atoms with Crippen LogP contribution in [0.15, 0.2) is 0 Å². The number of methoxy groups -OCH3 is 1. The van der Waals surface area contributed by atoms with E-state index in [1.54, 1.807) is 0 Å². The summed E-state index contributed by atoms with van der Waals surface area (Å²) in [6.45, 7) is 1.41. The average molecular weight is 210 g/mol. The van der Waals surface area contributed by atoms with Crippen LogP contribution in [0.25, 0.3) is 0 Å². The molecule has 0 spiro atoms. The minimum Gasteiger partial charge on any atom is -0.468 e. The molecular formula is C8H16ClNO3. The summed E-state index contributed by atoms with van der Waals surface area (Å²) in [7, 11) is 1.36. The van der Waals surface area contributed by atoms with Gasteiger partial charge in [-0.1, -0.05) is 0 Å². The summed E-state index contributed by atoms with van der Waals surface area (Å²) < 4.78 is 9.72. The molecule has 0 aromatic rings. The maximum Gasteiger partial charge on any atom is 0.322 e. The lowest BCUT2D eigenvalue weighted by atomic mass is 9.92. The zero-order chi connectivity index (χ0) is 8.97. The van der Waals surface area contributed by atoms with E-state index in [-0.39, 0.29) is 24.3 Å². The molecule has 0 amide bonds. The predicted molar refractivity (Wildman–Crippen MR) is 50.8 cm³/mol. The van der Waals surface area contributed by atoms with E-state index in [1.165, 1.54) is 7.11 Å². The monoisotopic (exact) mass is 209 g/mol. The molecule has 2 N–H and O–H groups in total. The summed E-state index contributed by atoms with van der Waals surface area (Å²) >= 11 is 0. The fraction of sp³-hybridized carbons (Fsp3) is 0.875. The molecule has 0 aliphatic carbocycles. The van der Waals surface area contributed by atoms with Crippen LogP contribution in [0.3, 0.4) is 0 Å². The molecule has 1 saturated heterocycles. The van der Waals surface area contributed by atoms with Gasteiger partial charge in [0.1, 0.15) is 6.04 Å². The summed E-state index contributed by atoms with van der Waals surface area (Å²) in [6, 6.07) is -0.473. The van der Waals surface area contributed by atoms with Gasteiger partial charge in [0.2, 0.25) is 0 Å². The second-order valence-electron chi connectivity index (χ2n) is 3.00. The molecule has 1 aliphatic rings. The molecular weight excluding hydrogens is 194 g/mol. The Balaban J connectivity index is 0.00000144. The van der Waals surface area contributed by atoms with Gasteiger partial charge >= 0.3 is 5.97 Å². The number of ether oxygens (including phenoxy) is 2. The molecule has 5 heteroatoms. The molecule has 1 heterocycles. The van der Waals surface area contributed by atoms with Crippen molar-refractivity contribution in [2.45, 2.75) is 18.9 Å². The molecule has 78 valence electrons. The van der Waals surface area contributed by atoms with Crippen LogP contribution in [-0.4, -0.2) is 32.3 Å². The third-order valence-corrected chi connectivity index (χ3v) is 2.25. The Kier molecular flexibility index (Phi) is 6.03. The molecule has 0 bridgehead atoms. The van der Waals surface area contributed by atoms with Gasteiger partial charge in [-0.15, -0.1) is 12.4 Å². The highest BCUT2D eigenvalue weighted by atomic mass is 35.5. The molecule has 0 saturated carbocycles. The number of carbonyl (C=O) groups is 1. The van der Waals surface area contributed by atoms with Crippen molar-refractivity contribution in [1.82, 2.24) is 0 Å². The molecule has 1 aliphatic heterocycles. The van der Waals surface area contributed by atoms with Crippen molar-refractivity contribution in [2.75, 3.05) is 20.3 Å². The smallest absolute Gasteiger partial charge is 0.322 e. The van der Waals surface area contributed by atoms with E-state index >= 15 is 0 Å². The van der Waals surface area contributed by atoms with Crippen molar-refractivity contribution in [3.8, 4) is 0 Å². The quantitative estimate of drug-likeness (QED) is 0.667. The third kappa shape index (κ3) is 3.50. The van der Waals surface area contributed by atoms with Gasteiger partial charge in [0.05, 0.1) is 7.11 Å². The summed E-state index contributed by atoms with van der Waals surface area (Å²) in [4.78, 5) is 11.0. The number of esters is 1. The van der Waals surface area contributed by atoms with Gasteiger partial charge in [-0.05, 0) is 18.8 Å². The van der Waals surface area contributed by atoms with E-state index in [1.807, 2.05) is 0 Å². The van der Waals surface area contributed by atoms with E-state index in [9.17, 15) is 4.79 Å². The number of nitrogens with two attached hydrogens (primary N) is 1. The van der Waals surface area contributed by atoms with Crippen molar-refractivity contribution >= 4 is 18.4 Å². The number of halogens is 1. The predicted octanol–water partition coefficient (Wildman–Crippen LogP) is 0.335. The fourth-order valence-corrected chi connectivity index (χ4v) is 1.40. The second-order valence-corrected chi connectivity index (χ2v) is 3.00. The molecule has 13 heavy (non-hydrogen) atoms. The van der Waals surface area contributed by atoms with Crippen LogP contribution in [0.5, 0.6) is 0 Å². The molecule has 0 aromatic carbocycles. The van der Waals surface area contributed by atoms with Crippen LogP contribution < -0.4 is 5.73 Å². The Bertz CT molecular complexity index is 159. The van der Waals surface area contributed by atoms with E-state index in [0.717, 1.165) is 12.8 Å². The molecule has 0 unspecified atom stereocenters. The largest absolute Gasteiger partial charge is 0.468 e. The molecule has 1 atom stereocenters. The van der Waals surface area contributed by atoms with Crippen LogP contribution in [0, 0.1) is 5.92 Å². The maximum atomic E-state index is 11.0. The summed E-state index contributed by atoms with van der Waals surface area (Å²) in [6.07, 6.45) is 1.71. The van der Waals surface area contributed by atoms with Gasteiger partial charge in [-0.2, -0.15) is 0 Å². The fourth-order valence-electron chi connectivity index (χ4n) is 1.40. The van der Waals surface area contributed by atoms with E-state index < -0.39 is 6.04 Å². The van der Waals surface area contributed by atoms with Gasteiger partial charge in [0.25, 0.3) is 0 Å². The maximum absolute atomic E-state index is 11.0. The SMILES string of the molecule is COC(=O)[C@@H](N)C1CCOCC1.Cl. The van der Waals surface area contributed by atoms with Gasteiger partial charge in [-0.25, -0.2) is 0 Å². The van der Waals surface area contributed by atoms with Gasteiger partial charge in [-0.3, -0.25) is 4.79 Å². The lowest BCUT2D eigenvalue weighted by Gasteiger charge is -2.25. The Labute approximate surface area is 84.2 Å². The van der Waals surface area contributed by atoms with Gasteiger partial charge in [0, 0.05) is 13.2 Å². The van der Waals surface area contributed by atoms with Gasteiger partial charge < -0.3 is 15.2 Å². The first-order valence-corrected chi connectivity index (χ1v) is 4.17. The van der Waals surface area contributed by atoms with Crippen molar-refractivity contribution in [1.29, 1.82) is 0 Å². The van der Waals surface area contributed by atoms with Crippen molar-refractivity contribution in [3.05, 3.63) is 0 Å². The van der Waals surface area contributed by atoms with Crippen LogP contribution in [-0.2, 0) is 14.3 Å². The third-order valence-electron chi connectivity index (χ3n) is 2.25. The second kappa shape index (κ2) is 6.18. The number of hydrogen-bond acceptors (Lipinski definition) is 4. The first-order chi connectivity index (χ1) is 5.75. The Morgan fingerprint density at radius 3 is 2.54 bits per heavy atom. The summed E-state index contributed by atoms with van der Waals surface area (Å²) in [5.74, 6) is -0.0897. The first kappa shape index (κ1) is 12.7. The molecule has 0 aromatic heterocycles. The highest BCUT2D eigenvalue weighted by Gasteiger charge is 2.26. The van der Waals surface area contributed by atoms with Gasteiger partial charge in [0.15, 0.2) is 0 Å². The number of rotatable bonds is 2. The first-order valence-electron chi connectivity index (χ1n) is 4.17. The summed E-state index contributed by atoms with van der Waals surface area (Å²) in [5.41, 5.74) is 5.67. The lowest BCUT2D eigenvalue weighted by Crippen LogP contribution is -2.41. The number of carbonyl (C=O) groups excluding carboxylic acids is 1. The molecule has 1 fully saturated rings. The van der Waals surface area contributed by atoms with Crippen LogP contribution in [0.4, 0.5) is 0 Å². The minimum atomic E-state index is -0.473. The van der Waals surface area contributed by atoms with Crippen LogP contribution in [0.2, 0.25) is 0 Å². The number of hydrogen-bond donors (Lipinski definition) is 1. The van der Waals surface area contributed by atoms with Crippen LogP contribution in [0.1, 0.15) is 12.8 Å². The Morgan fingerprint density at radius 2 is 2.08 bits per heavy atom. The average Bonchev–Trinajstić information content (AvgIpc) is 2.17.